The summed E-state index contributed by atoms with van der Waals surface area (Å²) in [6.45, 7) is -0.558. The molecule has 0 bridgehead atoms. The number of esters is 1. The molecule has 7 heteroatoms. The highest BCUT2D eigenvalue weighted by molar-refractivity contribution is 7.20. The molecule has 0 fully saturated rings. The molecule has 1 aromatic carbocycles. The lowest BCUT2D eigenvalue weighted by molar-refractivity contribution is -0.143. The molecular formula is C13H12FNO4S. The molecule has 0 saturated heterocycles. The predicted octanol–water partition coefficient (Wildman–Crippen LogP) is 1.30. The topological polar surface area (TPSA) is 75.6 Å². The molecule has 1 aromatic heterocycles. The van der Waals surface area contributed by atoms with Crippen molar-refractivity contribution >= 4 is 33.3 Å². The minimum Gasteiger partial charge on any atom is -0.467 e. The van der Waals surface area contributed by atoms with Gasteiger partial charge in [-0.1, -0.05) is 6.07 Å². The van der Waals surface area contributed by atoms with Crippen molar-refractivity contribution in [3.8, 4) is 0 Å². The van der Waals surface area contributed by atoms with Crippen LogP contribution >= 0.6 is 11.3 Å². The number of thiophene rings is 1. The van der Waals surface area contributed by atoms with Crippen LogP contribution in [0.15, 0.2) is 24.3 Å². The van der Waals surface area contributed by atoms with Crippen LogP contribution in [0.1, 0.15) is 9.67 Å². The molecule has 2 N–H and O–H groups in total. The van der Waals surface area contributed by atoms with Crippen LogP contribution in [0.25, 0.3) is 10.1 Å². The van der Waals surface area contributed by atoms with Crippen molar-refractivity contribution in [1.82, 2.24) is 5.32 Å². The number of nitrogens with one attached hydrogen (secondary N) is 1. The number of aliphatic hydroxyl groups is 1. The maximum atomic E-state index is 13.1. The van der Waals surface area contributed by atoms with Crippen LogP contribution in [0, 0.1) is 5.82 Å². The Morgan fingerprint density at radius 3 is 2.85 bits per heavy atom. The first-order valence-corrected chi connectivity index (χ1v) is 6.55. The van der Waals surface area contributed by atoms with E-state index in [2.05, 4.69) is 10.1 Å². The second kappa shape index (κ2) is 5.98. The summed E-state index contributed by atoms with van der Waals surface area (Å²) in [5.41, 5.74) is 0. The van der Waals surface area contributed by atoms with Gasteiger partial charge < -0.3 is 15.2 Å². The zero-order valence-corrected chi connectivity index (χ0v) is 11.4. The Labute approximate surface area is 118 Å². The molecule has 1 atom stereocenters. The third kappa shape index (κ3) is 2.94. The van der Waals surface area contributed by atoms with E-state index in [-0.39, 0.29) is 5.82 Å². The summed E-state index contributed by atoms with van der Waals surface area (Å²) >= 11 is 1.11. The van der Waals surface area contributed by atoms with Gasteiger partial charge in [-0.15, -0.1) is 11.3 Å². The summed E-state index contributed by atoms with van der Waals surface area (Å²) in [6, 6.07) is 4.69. The standard InChI is InChI=1S/C13H12FNO4S/c1-19-13(18)9(6-16)15-12(17)11-4-7-2-3-8(14)5-10(7)20-11/h2-5,9,16H,6H2,1H3,(H,15,17). The minimum atomic E-state index is -1.12. The Hall–Kier alpha value is -1.99. The first-order chi connectivity index (χ1) is 9.55. The van der Waals surface area contributed by atoms with Gasteiger partial charge in [-0.25, -0.2) is 9.18 Å². The number of benzene rings is 1. The van der Waals surface area contributed by atoms with E-state index in [0.29, 0.717) is 9.58 Å². The van der Waals surface area contributed by atoms with Crippen molar-refractivity contribution in [3.63, 3.8) is 0 Å². The Morgan fingerprint density at radius 1 is 1.45 bits per heavy atom. The van der Waals surface area contributed by atoms with Crippen LogP contribution < -0.4 is 5.32 Å². The van der Waals surface area contributed by atoms with E-state index in [1.165, 1.54) is 19.2 Å². The number of hydrogen-bond donors (Lipinski definition) is 2. The first kappa shape index (κ1) is 14.4. The van der Waals surface area contributed by atoms with E-state index in [0.717, 1.165) is 16.7 Å². The average molecular weight is 297 g/mol. The largest absolute Gasteiger partial charge is 0.467 e. The molecule has 0 radical (unpaired) electrons. The van der Waals surface area contributed by atoms with Gasteiger partial charge in [-0.05, 0) is 23.6 Å². The summed E-state index contributed by atoms with van der Waals surface area (Å²) in [4.78, 5) is 23.6. The van der Waals surface area contributed by atoms with Crippen molar-refractivity contribution in [2.45, 2.75) is 6.04 Å². The lowest BCUT2D eigenvalue weighted by Crippen LogP contribution is -2.43. The Morgan fingerprint density at radius 2 is 2.20 bits per heavy atom. The highest BCUT2D eigenvalue weighted by Crippen LogP contribution is 2.26. The SMILES string of the molecule is COC(=O)C(CO)NC(=O)c1cc2ccc(F)cc2s1. The molecule has 0 aliphatic carbocycles. The molecule has 0 spiro atoms. The predicted molar refractivity (Wildman–Crippen MR) is 72.1 cm³/mol. The molecular weight excluding hydrogens is 285 g/mol. The second-order valence-electron chi connectivity index (χ2n) is 4.02. The molecule has 1 unspecified atom stereocenters. The van der Waals surface area contributed by atoms with E-state index in [1.54, 1.807) is 12.1 Å². The van der Waals surface area contributed by atoms with Gasteiger partial charge in [0, 0.05) is 4.70 Å². The Balaban J connectivity index is 2.20. The third-order valence-electron chi connectivity index (χ3n) is 2.68. The van der Waals surface area contributed by atoms with Crippen LogP contribution in [0.4, 0.5) is 4.39 Å². The summed E-state index contributed by atoms with van der Waals surface area (Å²) in [7, 11) is 1.17. The van der Waals surface area contributed by atoms with Gasteiger partial charge in [0.25, 0.3) is 5.91 Å². The monoisotopic (exact) mass is 297 g/mol. The molecule has 0 saturated carbocycles. The number of halogens is 1. The zero-order valence-electron chi connectivity index (χ0n) is 10.6. The smallest absolute Gasteiger partial charge is 0.330 e. The van der Waals surface area contributed by atoms with Gasteiger partial charge in [0.05, 0.1) is 18.6 Å². The third-order valence-corrected chi connectivity index (χ3v) is 3.78. The second-order valence-corrected chi connectivity index (χ2v) is 5.11. The van der Waals surface area contributed by atoms with Gasteiger partial charge in [0.2, 0.25) is 0 Å². The number of hydrogen-bond acceptors (Lipinski definition) is 5. The number of ether oxygens (including phenoxy) is 1. The van der Waals surface area contributed by atoms with E-state index >= 15 is 0 Å². The molecule has 2 aromatic rings. The minimum absolute atomic E-state index is 0.327. The number of rotatable bonds is 4. The summed E-state index contributed by atoms with van der Waals surface area (Å²) in [5.74, 6) is -1.63. The van der Waals surface area contributed by atoms with Gasteiger partial charge >= 0.3 is 5.97 Å². The van der Waals surface area contributed by atoms with Crippen LogP contribution in [-0.2, 0) is 9.53 Å². The zero-order chi connectivity index (χ0) is 14.7. The molecule has 1 heterocycles. The lowest BCUT2D eigenvalue weighted by atomic mass is 10.2. The number of amides is 1. The fourth-order valence-electron chi connectivity index (χ4n) is 1.67. The summed E-state index contributed by atoms with van der Waals surface area (Å²) in [5, 5.41) is 12.1. The number of fused-ring (bicyclic) bond motifs is 1. The van der Waals surface area contributed by atoms with Gasteiger partial charge in [-0.2, -0.15) is 0 Å². The van der Waals surface area contributed by atoms with E-state index in [4.69, 9.17) is 5.11 Å². The lowest BCUT2D eigenvalue weighted by Gasteiger charge is -2.12. The van der Waals surface area contributed by atoms with Crippen molar-refractivity contribution in [2.75, 3.05) is 13.7 Å². The quantitative estimate of drug-likeness (QED) is 0.834. The molecule has 1 amide bonds. The summed E-state index contributed by atoms with van der Waals surface area (Å²) < 4.78 is 18.2. The number of methoxy groups -OCH3 is 1. The number of carbonyl (C=O) groups excluding carboxylic acids is 2. The van der Waals surface area contributed by atoms with Crippen molar-refractivity contribution in [1.29, 1.82) is 0 Å². The van der Waals surface area contributed by atoms with Crippen LogP contribution in [0.3, 0.4) is 0 Å². The van der Waals surface area contributed by atoms with Crippen LogP contribution in [-0.4, -0.2) is 36.7 Å². The van der Waals surface area contributed by atoms with Gasteiger partial charge in [0.15, 0.2) is 6.04 Å². The highest BCUT2D eigenvalue weighted by Gasteiger charge is 2.22. The van der Waals surface area contributed by atoms with Crippen molar-refractivity contribution in [3.05, 3.63) is 35.0 Å². The Bertz CT molecular complexity index is 655. The maximum Gasteiger partial charge on any atom is 0.330 e. The molecule has 106 valence electrons. The van der Waals surface area contributed by atoms with Crippen LogP contribution in [0.2, 0.25) is 0 Å². The Kier molecular flexibility index (Phi) is 4.31. The normalized spacial score (nSPS) is 12.2. The van der Waals surface area contributed by atoms with Gasteiger partial charge in [-0.3, -0.25) is 4.79 Å². The van der Waals surface area contributed by atoms with E-state index in [9.17, 15) is 14.0 Å². The average Bonchev–Trinajstić information content (AvgIpc) is 2.86. The number of carbonyl (C=O) groups is 2. The fraction of sp³-hybridized carbons (Fsp3) is 0.231. The number of aliphatic hydroxyl groups excluding tert-OH is 1. The molecule has 0 aliphatic rings. The fourth-order valence-corrected chi connectivity index (χ4v) is 2.66. The van der Waals surface area contributed by atoms with Crippen molar-refractivity contribution < 1.29 is 23.8 Å². The molecule has 2 rings (SSSR count). The van der Waals surface area contributed by atoms with Crippen LogP contribution in [0.5, 0.6) is 0 Å². The maximum absolute atomic E-state index is 13.1. The molecule has 5 nitrogen and oxygen atoms in total. The highest BCUT2D eigenvalue weighted by atomic mass is 32.1. The molecule has 0 aliphatic heterocycles. The van der Waals surface area contributed by atoms with E-state index < -0.39 is 24.5 Å². The molecule has 20 heavy (non-hydrogen) atoms. The van der Waals surface area contributed by atoms with Gasteiger partial charge in [0.1, 0.15) is 5.82 Å². The van der Waals surface area contributed by atoms with Crippen molar-refractivity contribution in [2.24, 2.45) is 0 Å². The summed E-state index contributed by atoms with van der Waals surface area (Å²) in [6.07, 6.45) is 0. The van der Waals surface area contributed by atoms with E-state index in [1.807, 2.05) is 0 Å². The first-order valence-electron chi connectivity index (χ1n) is 5.74.